The summed E-state index contributed by atoms with van der Waals surface area (Å²) in [6.45, 7) is 2.91. The van der Waals surface area contributed by atoms with E-state index in [9.17, 15) is 0 Å². The van der Waals surface area contributed by atoms with E-state index in [2.05, 4.69) is 23.0 Å². The summed E-state index contributed by atoms with van der Waals surface area (Å²) in [5.74, 6) is 0.712. The highest BCUT2D eigenvalue weighted by atomic mass is 16.5. The molecule has 2 rings (SSSR count). The molecular weight excluding hydrogens is 216 g/mol. The van der Waals surface area contributed by atoms with Gasteiger partial charge >= 0.3 is 0 Å². The molecule has 0 amide bonds. The van der Waals surface area contributed by atoms with Crippen LogP contribution in [0, 0.1) is 5.92 Å². The second kappa shape index (κ2) is 6.19. The van der Waals surface area contributed by atoms with Gasteiger partial charge in [0, 0.05) is 32.1 Å². The second-order valence-electron chi connectivity index (χ2n) is 4.65. The van der Waals surface area contributed by atoms with Crippen LogP contribution in [0.25, 0.3) is 0 Å². The monoisotopic (exact) mass is 238 g/mol. The van der Waals surface area contributed by atoms with Gasteiger partial charge < -0.3 is 19.8 Å². The zero-order chi connectivity index (χ0) is 12.1. The SMILES string of the molecule is COCCOCCn1ccc(C(N)C2CC2)c1. The summed E-state index contributed by atoms with van der Waals surface area (Å²) in [6.07, 6.45) is 6.79. The van der Waals surface area contributed by atoms with Gasteiger partial charge in [-0.2, -0.15) is 0 Å². The van der Waals surface area contributed by atoms with E-state index in [1.54, 1.807) is 7.11 Å². The van der Waals surface area contributed by atoms with E-state index in [4.69, 9.17) is 15.2 Å². The zero-order valence-electron chi connectivity index (χ0n) is 10.5. The average molecular weight is 238 g/mol. The maximum absolute atomic E-state index is 6.15. The molecule has 0 radical (unpaired) electrons. The van der Waals surface area contributed by atoms with Crippen LogP contribution in [0.3, 0.4) is 0 Å². The van der Waals surface area contributed by atoms with E-state index in [0.717, 1.165) is 13.2 Å². The normalized spacial score (nSPS) is 17.3. The third-order valence-electron chi connectivity index (χ3n) is 3.21. The number of hydrogen-bond donors (Lipinski definition) is 1. The number of nitrogens with zero attached hydrogens (tertiary/aromatic N) is 1. The molecule has 1 aromatic rings. The Labute approximate surface area is 103 Å². The molecule has 96 valence electrons. The molecule has 1 heterocycles. The van der Waals surface area contributed by atoms with Crippen molar-refractivity contribution in [2.45, 2.75) is 25.4 Å². The Morgan fingerprint density at radius 3 is 2.94 bits per heavy atom. The van der Waals surface area contributed by atoms with Crippen molar-refractivity contribution < 1.29 is 9.47 Å². The minimum absolute atomic E-state index is 0.227. The van der Waals surface area contributed by atoms with Gasteiger partial charge in [-0.15, -0.1) is 0 Å². The molecule has 0 saturated heterocycles. The quantitative estimate of drug-likeness (QED) is 0.699. The van der Waals surface area contributed by atoms with Gasteiger partial charge in [-0.05, 0) is 30.4 Å². The van der Waals surface area contributed by atoms with Crippen LogP contribution >= 0.6 is 0 Å². The summed E-state index contributed by atoms with van der Waals surface area (Å²) in [5.41, 5.74) is 7.40. The summed E-state index contributed by atoms with van der Waals surface area (Å²) in [5, 5.41) is 0. The van der Waals surface area contributed by atoms with Crippen LogP contribution in [0.1, 0.15) is 24.4 Å². The minimum atomic E-state index is 0.227. The molecule has 2 N–H and O–H groups in total. The van der Waals surface area contributed by atoms with Crippen molar-refractivity contribution in [2.24, 2.45) is 11.7 Å². The number of aromatic nitrogens is 1. The third-order valence-corrected chi connectivity index (χ3v) is 3.21. The Balaban J connectivity index is 1.70. The van der Waals surface area contributed by atoms with E-state index in [1.807, 2.05) is 0 Å². The van der Waals surface area contributed by atoms with Crippen molar-refractivity contribution in [2.75, 3.05) is 26.9 Å². The standard InChI is InChI=1S/C13H22N2O2/c1-16-8-9-17-7-6-15-5-4-12(10-15)13(14)11-2-3-11/h4-5,10-11,13H,2-3,6-9,14H2,1H3. The maximum atomic E-state index is 6.15. The molecule has 1 aliphatic rings. The van der Waals surface area contributed by atoms with E-state index in [1.165, 1.54) is 18.4 Å². The topological polar surface area (TPSA) is 49.4 Å². The van der Waals surface area contributed by atoms with E-state index in [0.29, 0.717) is 19.1 Å². The molecule has 0 bridgehead atoms. The molecule has 0 aromatic carbocycles. The Hall–Kier alpha value is -0.840. The first-order chi connectivity index (χ1) is 8.31. The maximum Gasteiger partial charge on any atom is 0.0701 e. The van der Waals surface area contributed by atoms with Crippen LogP contribution in [-0.4, -0.2) is 31.5 Å². The summed E-state index contributed by atoms with van der Waals surface area (Å²) in [7, 11) is 1.68. The molecule has 1 saturated carbocycles. The predicted octanol–water partition coefficient (Wildman–Crippen LogP) is 1.56. The first-order valence-corrected chi connectivity index (χ1v) is 6.29. The molecule has 0 aliphatic heterocycles. The lowest BCUT2D eigenvalue weighted by molar-refractivity contribution is 0.0666. The number of methoxy groups -OCH3 is 1. The van der Waals surface area contributed by atoms with Gasteiger partial charge in [-0.3, -0.25) is 0 Å². The van der Waals surface area contributed by atoms with Crippen LogP contribution in [0.5, 0.6) is 0 Å². The molecular formula is C13H22N2O2. The van der Waals surface area contributed by atoms with Crippen molar-refractivity contribution in [1.29, 1.82) is 0 Å². The van der Waals surface area contributed by atoms with Gasteiger partial charge in [0.1, 0.15) is 0 Å². The number of rotatable bonds is 8. The molecule has 1 fully saturated rings. The van der Waals surface area contributed by atoms with Crippen molar-refractivity contribution in [3.63, 3.8) is 0 Å². The average Bonchev–Trinajstić information content (AvgIpc) is 3.08. The third kappa shape index (κ3) is 3.84. The van der Waals surface area contributed by atoms with Crippen molar-refractivity contribution in [3.05, 3.63) is 24.0 Å². The molecule has 1 aliphatic carbocycles. The predicted molar refractivity (Wildman–Crippen MR) is 66.8 cm³/mol. The van der Waals surface area contributed by atoms with Crippen LogP contribution in [0.15, 0.2) is 18.5 Å². The minimum Gasteiger partial charge on any atom is -0.382 e. The largest absolute Gasteiger partial charge is 0.382 e. The van der Waals surface area contributed by atoms with Crippen molar-refractivity contribution in [3.8, 4) is 0 Å². The number of nitrogens with two attached hydrogens (primary N) is 1. The van der Waals surface area contributed by atoms with Crippen molar-refractivity contribution >= 4 is 0 Å². The molecule has 17 heavy (non-hydrogen) atoms. The second-order valence-corrected chi connectivity index (χ2v) is 4.65. The molecule has 4 heteroatoms. The highest BCUT2D eigenvalue weighted by Crippen LogP contribution is 2.39. The van der Waals surface area contributed by atoms with Crippen LogP contribution < -0.4 is 5.73 Å². The summed E-state index contributed by atoms with van der Waals surface area (Å²) in [4.78, 5) is 0. The Morgan fingerprint density at radius 1 is 1.41 bits per heavy atom. The molecule has 4 nitrogen and oxygen atoms in total. The van der Waals surface area contributed by atoms with Crippen LogP contribution in [-0.2, 0) is 16.0 Å². The smallest absolute Gasteiger partial charge is 0.0701 e. The van der Waals surface area contributed by atoms with E-state index >= 15 is 0 Å². The fourth-order valence-corrected chi connectivity index (χ4v) is 1.94. The van der Waals surface area contributed by atoms with E-state index in [-0.39, 0.29) is 6.04 Å². The molecule has 1 atom stereocenters. The van der Waals surface area contributed by atoms with Crippen molar-refractivity contribution in [1.82, 2.24) is 4.57 Å². The fourth-order valence-electron chi connectivity index (χ4n) is 1.94. The zero-order valence-corrected chi connectivity index (χ0v) is 10.5. The highest BCUT2D eigenvalue weighted by Gasteiger charge is 2.29. The first-order valence-electron chi connectivity index (χ1n) is 6.29. The van der Waals surface area contributed by atoms with Gasteiger partial charge in [0.15, 0.2) is 0 Å². The Morgan fingerprint density at radius 2 is 2.24 bits per heavy atom. The number of hydrogen-bond acceptors (Lipinski definition) is 3. The van der Waals surface area contributed by atoms with Gasteiger partial charge in [0.2, 0.25) is 0 Å². The Kier molecular flexibility index (Phi) is 4.59. The molecule has 0 spiro atoms. The van der Waals surface area contributed by atoms with Crippen LogP contribution in [0.2, 0.25) is 0 Å². The van der Waals surface area contributed by atoms with Gasteiger partial charge in [-0.25, -0.2) is 0 Å². The van der Waals surface area contributed by atoms with Gasteiger partial charge in [0.05, 0.1) is 19.8 Å². The van der Waals surface area contributed by atoms with Gasteiger partial charge in [0.25, 0.3) is 0 Å². The molecule has 1 unspecified atom stereocenters. The first kappa shape index (κ1) is 12.6. The highest BCUT2D eigenvalue weighted by molar-refractivity contribution is 5.17. The fraction of sp³-hybridized carbons (Fsp3) is 0.692. The Bertz CT molecular complexity index is 334. The summed E-state index contributed by atoms with van der Waals surface area (Å²) < 4.78 is 12.5. The lowest BCUT2D eigenvalue weighted by Gasteiger charge is -2.07. The summed E-state index contributed by atoms with van der Waals surface area (Å²) >= 11 is 0. The van der Waals surface area contributed by atoms with Crippen LogP contribution in [0.4, 0.5) is 0 Å². The van der Waals surface area contributed by atoms with E-state index < -0.39 is 0 Å². The summed E-state index contributed by atoms with van der Waals surface area (Å²) in [6, 6.07) is 2.35. The number of ether oxygens (including phenoxy) is 2. The lowest BCUT2D eigenvalue weighted by Crippen LogP contribution is -2.12. The molecule has 1 aromatic heterocycles. The van der Waals surface area contributed by atoms with Gasteiger partial charge in [-0.1, -0.05) is 0 Å². The lowest BCUT2D eigenvalue weighted by atomic mass is 10.1.